The van der Waals surface area contributed by atoms with Crippen LogP contribution in [0.2, 0.25) is 0 Å². The van der Waals surface area contributed by atoms with E-state index < -0.39 is 0 Å². The molecule has 1 fully saturated rings. The predicted octanol–water partition coefficient (Wildman–Crippen LogP) is 3.87. The third kappa shape index (κ3) is 2.53. The van der Waals surface area contributed by atoms with Crippen LogP contribution in [-0.4, -0.2) is 13.2 Å². The summed E-state index contributed by atoms with van der Waals surface area (Å²) in [5.74, 6) is 0.209. The van der Waals surface area contributed by atoms with Crippen LogP contribution in [0.15, 0.2) is 28.7 Å². The molecule has 0 radical (unpaired) electrons. The summed E-state index contributed by atoms with van der Waals surface area (Å²) >= 11 is 3.43. The standard InChI is InChI=1S/C14H16BrNO/c1-11(12-3-5-13(15)6-4-12)14(9-16)7-2-8-17-10-14/h3-6,11H,2,7-8,10H2,1H3. The molecule has 0 N–H and O–H groups in total. The van der Waals surface area contributed by atoms with Crippen molar-refractivity contribution >= 4 is 15.9 Å². The molecule has 2 atom stereocenters. The van der Waals surface area contributed by atoms with Gasteiger partial charge in [-0.3, -0.25) is 0 Å². The molecule has 3 heteroatoms. The van der Waals surface area contributed by atoms with Crippen molar-refractivity contribution in [3.8, 4) is 6.07 Å². The molecule has 2 nitrogen and oxygen atoms in total. The number of halogens is 1. The Bertz CT molecular complexity index is 415. The van der Waals surface area contributed by atoms with Crippen LogP contribution in [0.3, 0.4) is 0 Å². The van der Waals surface area contributed by atoms with Gasteiger partial charge < -0.3 is 4.74 Å². The van der Waals surface area contributed by atoms with Gasteiger partial charge in [0.15, 0.2) is 0 Å². The van der Waals surface area contributed by atoms with E-state index in [0.717, 1.165) is 23.9 Å². The smallest absolute Gasteiger partial charge is 0.0873 e. The van der Waals surface area contributed by atoms with Crippen molar-refractivity contribution in [3.63, 3.8) is 0 Å². The van der Waals surface area contributed by atoms with Crippen LogP contribution in [0, 0.1) is 16.7 Å². The summed E-state index contributed by atoms with van der Waals surface area (Å²) in [5, 5.41) is 9.49. The van der Waals surface area contributed by atoms with Crippen LogP contribution in [-0.2, 0) is 4.74 Å². The molecule has 0 aromatic heterocycles. The Morgan fingerprint density at radius 1 is 1.41 bits per heavy atom. The highest BCUT2D eigenvalue weighted by atomic mass is 79.9. The fraction of sp³-hybridized carbons (Fsp3) is 0.500. The molecule has 0 aliphatic carbocycles. The fourth-order valence-electron chi connectivity index (χ4n) is 2.41. The normalized spacial score (nSPS) is 26.2. The van der Waals surface area contributed by atoms with Crippen molar-refractivity contribution in [2.75, 3.05) is 13.2 Å². The summed E-state index contributed by atoms with van der Waals surface area (Å²) in [6, 6.07) is 10.7. The van der Waals surface area contributed by atoms with Crippen molar-refractivity contribution in [2.45, 2.75) is 25.7 Å². The molecule has 90 valence electrons. The predicted molar refractivity (Wildman–Crippen MR) is 70.7 cm³/mol. The molecule has 1 aliphatic rings. The maximum absolute atomic E-state index is 9.49. The van der Waals surface area contributed by atoms with Crippen LogP contribution >= 0.6 is 15.9 Å². The molecule has 0 spiro atoms. The third-order valence-electron chi connectivity index (χ3n) is 3.69. The maximum Gasteiger partial charge on any atom is 0.0873 e. The van der Waals surface area contributed by atoms with Crippen LogP contribution in [0.25, 0.3) is 0 Å². The average molecular weight is 294 g/mol. The highest BCUT2D eigenvalue weighted by molar-refractivity contribution is 9.10. The zero-order valence-electron chi connectivity index (χ0n) is 9.95. The maximum atomic E-state index is 9.49. The van der Waals surface area contributed by atoms with Crippen molar-refractivity contribution < 1.29 is 4.74 Å². The molecule has 2 rings (SSSR count). The zero-order valence-corrected chi connectivity index (χ0v) is 11.5. The van der Waals surface area contributed by atoms with Crippen LogP contribution in [0.5, 0.6) is 0 Å². The van der Waals surface area contributed by atoms with Crippen molar-refractivity contribution in [3.05, 3.63) is 34.3 Å². The zero-order chi connectivity index (χ0) is 12.3. The lowest BCUT2D eigenvalue weighted by Gasteiger charge is -2.36. The number of benzene rings is 1. The van der Waals surface area contributed by atoms with E-state index >= 15 is 0 Å². The van der Waals surface area contributed by atoms with Crippen LogP contribution in [0.1, 0.15) is 31.2 Å². The first-order valence-electron chi connectivity index (χ1n) is 5.92. The van der Waals surface area contributed by atoms with E-state index in [1.54, 1.807) is 0 Å². The Labute approximate surface area is 111 Å². The van der Waals surface area contributed by atoms with Crippen molar-refractivity contribution in [1.82, 2.24) is 0 Å². The van der Waals surface area contributed by atoms with E-state index in [9.17, 15) is 5.26 Å². The molecule has 1 aromatic rings. The van der Waals surface area contributed by atoms with E-state index in [0.29, 0.717) is 6.61 Å². The van der Waals surface area contributed by atoms with E-state index in [4.69, 9.17) is 4.74 Å². The molecule has 17 heavy (non-hydrogen) atoms. The molecule has 0 bridgehead atoms. The van der Waals surface area contributed by atoms with Gasteiger partial charge >= 0.3 is 0 Å². The largest absolute Gasteiger partial charge is 0.380 e. The Balaban J connectivity index is 2.25. The van der Waals surface area contributed by atoms with Gasteiger partial charge in [-0.05, 0) is 30.5 Å². The molecular formula is C14H16BrNO. The highest BCUT2D eigenvalue weighted by Gasteiger charge is 2.39. The van der Waals surface area contributed by atoms with E-state index in [1.165, 1.54) is 5.56 Å². The van der Waals surface area contributed by atoms with Gasteiger partial charge in [0.1, 0.15) is 0 Å². The molecule has 1 aliphatic heterocycles. The Hall–Kier alpha value is -0.850. The van der Waals surface area contributed by atoms with Gasteiger partial charge in [-0.2, -0.15) is 5.26 Å². The first-order valence-corrected chi connectivity index (χ1v) is 6.72. The second-order valence-corrected chi connectivity index (χ2v) is 5.61. The summed E-state index contributed by atoms with van der Waals surface area (Å²) in [4.78, 5) is 0. The SMILES string of the molecule is CC(c1ccc(Br)cc1)C1(C#N)CCCOC1. The molecular weight excluding hydrogens is 278 g/mol. The van der Waals surface area contributed by atoms with Gasteiger partial charge in [-0.15, -0.1) is 0 Å². The summed E-state index contributed by atoms with van der Waals surface area (Å²) < 4.78 is 6.58. The number of hydrogen-bond acceptors (Lipinski definition) is 2. The van der Waals surface area contributed by atoms with E-state index in [1.807, 2.05) is 12.1 Å². The van der Waals surface area contributed by atoms with Gasteiger partial charge in [0.25, 0.3) is 0 Å². The quantitative estimate of drug-likeness (QED) is 0.829. The van der Waals surface area contributed by atoms with Gasteiger partial charge in [0.2, 0.25) is 0 Å². The van der Waals surface area contributed by atoms with Crippen LogP contribution < -0.4 is 0 Å². The first-order chi connectivity index (χ1) is 8.18. The van der Waals surface area contributed by atoms with Crippen molar-refractivity contribution in [2.24, 2.45) is 5.41 Å². The van der Waals surface area contributed by atoms with Crippen molar-refractivity contribution in [1.29, 1.82) is 5.26 Å². The fourth-order valence-corrected chi connectivity index (χ4v) is 2.68. The minimum absolute atomic E-state index is 0.209. The molecule has 1 aromatic carbocycles. The lowest BCUT2D eigenvalue weighted by Crippen LogP contribution is -2.35. The molecule has 0 saturated carbocycles. The number of ether oxygens (including phenoxy) is 1. The second kappa shape index (κ2) is 5.20. The topological polar surface area (TPSA) is 33.0 Å². The number of nitriles is 1. The van der Waals surface area contributed by atoms with Gasteiger partial charge in [-0.1, -0.05) is 35.0 Å². The van der Waals surface area contributed by atoms with E-state index in [-0.39, 0.29) is 11.3 Å². The molecule has 1 heterocycles. The monoisotopic (exact) mass is 293 g/mol. The Morgan fingerprint density at radius 2 is 2.12 bits per heavy atom. The molecule has 1 saturated heterocycles. The second-order valence-electron chi connectivity index (χ2n) is 4.70. The minimum Gasteiger partial charge on any atom is -0.380 e. The minimum atomic E-state index is -0.355. The highest BCUT2D eigenvalue weighted by Crippen LogP contribution is 2.41. The Kier molecular flexibility index (Phi) is 3.86. The first kappa shape index (κ1) is 12.6. The summed E-state index contributed by atoms with van der Waals surface area (Å²) in [7, 11) is 0. The van der Waals surface area contributed by atoms with Gasteiger partial charge in [0, 0.05) is 17.0 Å². The Morgan fingerprint density at radius 3 is 2.65 bits per heavy atom. The lowest BCUT2D eigenvalue weighted by atomic mass is 9.71. The lowest BCUT2D eigenvalue weighted by molar-refractivity contribution is 0.0111. The van der Waals surface area contributed by atoms with Gasteiger partial charge in [0.05, 0.1) is 18.1 Å². The number of nitrogens with zero attached hydrogens (tertiary/aromatic N) is 1. The summed E-state index contributed by atoms with van der Waals surface area (Å²) in [5.41, 5.74) is 0.853. The van der Waals surface area contributed by atoms with Crippen LogP contribution in [0.4, 0.5) is 0 Å². The molecule has 2 unspecified atom stereocenters. The molecule has 0 amide bonds. The average Bonchev–Trinajstić information content (AvgIpc) is 2.39. The third-order valence-corrected chi connectivity index (χ3v) is 4.22. The van der Waals surface area contributed by atoms with E-state index in [2.05, 4.69) is 41.1 Å². The number of rotatable bonds is 2. The summed E-state index contributed by atoms with van der Waals surface area (Å²) in [6.45, 7) is 3.47. The number of hydrogen-bond donors (Lipinski definition) is 0. The summed E-state index contributed by atoms with van der Waals surface area (Å²) in [6.07, 6.45) is 1.91. The van der Waals surface area contributed by atoms with Gasteiger partial charge in [-0.25, -0.2) is 0 Å².